The Labute approximate surface area is 138 Å². The maximum Gasteiger partial charge on any atom is 0.0916 e. The van der Waals surface area contributed by atoms with E-state index < -0.39 is 6.10 Å². The van der Waals surface area contributed by atoms with Gasteiger partial charge in [-0.1, -0.05) is 42.5 Å². The van der Waals surface area contributed by atoms with Gasteiger partial charge in [-0.2, -0.15) is 0 Å². The minimum absolute atomic E-state index is 0.403. The van der Waals surface area contributed by atoms with Gasteiger partial charge in [0.2, 0.25) is 0 Å². The quantitative estimate of drug-likeness (QED) is 0.831. The summed E-state index contributed by atoms with van der Waals surface area (Å²) < 4.78 is 0. The van der Waals surface area contributed by atoms with Crippen molar-refractivity contribution < 1.29 is 5.11 Å². The maximum absolute atomic E-state index is 10.3. The number of rotatable bonds is 5. The number of anilines is 1. The molecule has 1 unspecified atom stereocenters. The van der Waals surface area contributed by atoms with Gasteiger partial charge < -0.3 is 10.8 Å². The fourth-order valence-electron chi connectivity index (χ4n) is 3.04. The van der Waals surface area contributed by atoms with Crippen LogP contribution in [-0.4, -0.2) is 47.6 Å². The minimum atomic E-state index is -0.403. The van der Waals surface area contributed by atoms with Crippen molar-refractivity contribution in [3.63, 3.8) is 0 Å². The zero-order valence-corrected chi connectivity index (χ0v) is 13.4. The lowest BCUT2D eigenvalue weighted by Gasteiger charge is -2.35. The third-order valence-electron chi connectivity index (χ3n) is 4.47. The molecule has 0 radical (unpaired) electrons. The molecule has 1 heterocycles. The molecule has 2 aromatic carbocycles. The van der Waals surface area contributed by atoms with Crippen LogP contribution in [0.4, 0.5) is 5.69 Å². The number of nitrogens with two attached hydrogens (primary N) is 1. The van der Waals surface area contributed by atoms with E-state index in [-0.39, 0.29) is 0 Å². The Kier molecular flexibility index (Phi) is 5.28. The van der Waals surface area contributed by atoms with Gasteiger partial charge in [0.25, 0.3) is 0 Å². The Morgan fingerprint density at radius 3 is 2.13 bits per heavy atom. The minimum Gasteiger partial charge on any atom is -0.399 e. The summed E-state index contributed by atoms with van der Waals surface area (Å²) in [6.45, 7) is 5.74. The van der Waals surface area contributed by atoms with Crippen LogP contribution >= 0.6 is 0 Å². The Bertz CT molecular complexity index is 592. The number of nitrogen functional groups attached to an aromatic ring is 1. The van der Waals surface area contributed by atoms with Crippen molar-refractivity contribution in [3.05, 3.63) is 65.7 Å². The van der Waals surface area contributed by atoms with Gasteiger partial charge in [0, 0.05) is 45.0 Å². The number of aliphatic hydroxyl groups is 1. The predicted octanol–water partition coefficient (Wildman–Crippen LogP) is 2.12. The summed E-state index contributed by atoms with van der Waals surface area (Å²) in [5.41, 5.74) is 8.84. The Balaban J connectivity index is 1.46. The van der Waals surface area contributed by atoms with Crippen LogP contribution in [0.25, 0.3) is 0 Å². The molecule has 4 nitrogen and oxygen atoms in total. The molecule has 1 saturated heterocycles. The van der Waals surface area contributed by atoms with Crippen molar-refractivity contribution in [3.8, 4) is 0 Å². The van der Waals surface area contributed by atoms with Crippen molar-refractivity contribution in [2.24, 2.45) is 0 Å². The summed E-state index contributed by atoms with van der Waals surface area (Å²) in [6, 6.07) is 18.0. The van der Waals surface area contributed by atoms with Crippen LogP contribution in [0.5, 0.6) is 0 Å². The highest BCUT2D eigenvalue weighted by Gasteiger charge is 2.19. The second-order valence-corrected chi connectivity index (χ2v) is 6.24. The number of hydrogen-bond donors (Lipinski definition) is 2. The van der Waals surface area contributed by atoms with Gasteiger partial charge in [-0.3, -0.25) is 9.80 Å². The average Bonchev–Trinajstić information content (AvgIpc) is 2.59. The number of β-amino-alcohol motifs (C(OH)–C–C–N with tert-alkyl or cyclic N) is 1. The molecule has 23 heavy (non-hydrogen) atoms. The van der Waals surface area contributed by atoms with E-state index in [0.29, 0.717) is 6.54 Å². The van der Waals surface area contributed by atoms with Crippen molar-refractivity contribution in [1.82, 2.24) is 9.80 Å². The summed E-state index contributed by atoms with van der Waals surface area (Å²) in [5.74, 6) is 0. The molecule has 0 amide bonds. The van der Waals surface area contributed by atoms with Crippen LogP contribution < -0.4 is 5.73 Å². The predicted molar refractivity (Wildman–Crippen MR) is 94.0 cm³/mol. The highest BCUT2D eigenvalue weighted by atomic mass is 16.3. The molecule has 4 heteroatoms. The van der Waals surface area contributed by atoms with Gasteiger partial charge in [-0.05, 0) is 23.3 Å². The van der Waals surface area contributed by atoms with Crippen molar-refractivity contribution in [2.45, 2.75) is 12.6 Å². The fourth-order valence-corrected chi connectivity index (χ4v) is 3.04. The topological polar surface area (TPSA) is 52.7 Å². The van der Waals surface area contributed by atoms with Crippen LogP contribution in [0.2, 0.25) is 0 Å². The first kappa shape index (κ1) is 16.0. The van der Waals surface area contributed by atoms with Gasteiger partial charge >= 0.3 is 0 Å². The van der Waals surface area contributed by atoms with Crippen molar-refractivity contribution in [1.29, 1.82) is 0 Å². The molecule has 1 atom stereocenters. The number of nitrogens with zero attached hydrogens (tertiary/aromatic N) is 2. The summed E-state index contributed by atoms with van der Waals surface area (Å²) in [6.07, 6.45) is -0.403. The van der Waals surface area contributed by atoms with Gasteiger partial charge in [0.05, 0.1) is 6.10 Å². The molecular formula is C19H25N3O. The maximum atomic E-state index is 10.3. The smallest absolute Gasteiger partial charge is 0.0916 e. The Morgan fingerprint density at radius 2 is 1.48 bits per heavy atom. The molecule has 1 fully saturated rings. The lowest BCUT2D eigenvalue weighted by molar-refractivity contribution is 0.0701. The summed E-state index contributed by atoms with van der Waals surface area (Å²) in [7, 11) is 0. The van der Waals surface area contributed by atoms with Gasteiger partial charge in [-0.15, -0.1) is 0 Å². The second-order valence-electron chi connectivity index (χ2n) is 6.24. The highest BCUT2D eigenvalue weighted by Crippen LogP contribution is 2.16. The molecule has 1 aliphatic rings. The molecule has 1 aliphatic heterocycles. The second kappa shape index (κ2) is 7.59. The lowest BCUT2D eigenvalue weighted by atomic mass is 10.1. The molecule has 0 aromatic heterocycles. The van der Waals surface area contributed by atoms with E-state index in [2.05, 4.69) is 21.9 Å². The largest absolute Gasteiger partial charge is 0.399 e. The van der Waals surface area contributed by atoms with Gasteiger partial charge in [0.1, 0.15) is 0 Å². The highest BCUT2D eigenvalue weighted by molar-refractivity contribution is 5.39. The normalized spacial score (nSPS) is 18.0. The molecule has 122 valence electrons. The molecule has 0 saturated carbocycles. The summed E-state index contributed by atoms with van der Waals surface area (Å²) >= 11 is 0. The van der Waals surface area contributed by atoms with E-state index in [9.17, 15) is 5.11 Å². The van der Waals surface area contributed by atoms with Crippen LogP contribution in [0.15, 0.2) is 54.6 Å². The first-order valence-electron chi connectivity index (χ1n) is 8.23. The summed E-state index contributed by atoms with van der Waals surface area (Å²) in [4.78, 5) is 4.80. The van der Waals surface area contributed by atoms with Crippen molar-refractivity contribution in [2.75, 3.05) is 38.5 Å². The number of hydrogen-bond acceptors (Lipinski definition) is 4. The van der Waals surface area contributed by atoms with Crippen LogP contribution in [0, 0.1) is 0 Å². The molecule has 0 spiro atoms. The number of benzene rings is 2. The van der Waals surface area contributed by atoms with E-state index in [1.165, 1.54) is 5.56 Å². The third-order valence-corrected chi connectivity index (χ3v) is 4.47. The molecule has 3 N–H and O–H groups in total. The number of aliphatic hydroxyl groups excluding tert-OH is 1. The fraction of sp³-hybridized carbons (Fsp3) is 0.368. The van der Waals surface area contributed by atoms with Crippen molar-refractivity contribution >= 4 is 5.69 Å². The summed E-state index contributed by atoms with van der Waals surface area (Å²) in [5, 5.41) is 10.3. The molecule has 0 aliphatic carbocycles. The Morgan fingerprint density at radius 1 is 0.870 bits per heavy atom. The monoisotopic (exact) mass is 311 g/mol. The van der Waals surface area contributed by atoms with E-state index in [0.717, 1.165) is 44.0 Å². The first-order chi connectivity index (χ1) is 11.2. The van der Waals surface area contributed by atoms with Crippen LogP contribution in [0.3, 0.4) is 0 Å². The zero-order chi connectivity index (χ0) is 16.1. The SMILES string of the molecule is Nc1ccc(CN2CCN(CC(O)c3ccccc3)CC2)cc1. The van der Waals surface area contributed by atoms with Crippen LogP contribution in [0.1, 0.15) is 17.2 Å². The van der Waals surface area contributed by atoms with E-state index in [1.807, 2.05) is 42.5 Å². The molecular weight excluding hydrogens is 286 g/mol. The lowest BCUT2D eigenvalue weighted by Crippen LogP contribution is -2.47. The standard InChI is InChI=1S/C19H25N3O/c20-18-8-6-16(7-9-18)14-21-10-12-22(13-11-21)15-19(23)17-4-2-1-3-5-17/h1-9,19,23H,10-15,20H2. The molecule has 3 rings (SSSR count). The molecule has 0 bridgehead atoms. The first-order valence-corrected chi connectivity index (χ1v) is 8.23. The zero-order valence-electron chi connectivity index (χ0n) is 13.4. The van der Waals surface area contributed by atoms with Crippen LogP contribution in [-0.2, 0) is 6.54 Å². The van der Waals surface area contributed by atoms with E-state index in [4.69, 9.17) is 5.73 Å². The average molecular weight is 311 g/mol. The van der Waals surface area contributed by atoms with Gasteiger partial charge in [-0.25, -0.2) is 0 Å². The van der Waals surface area contributed by atoms with E-state index in [1.54, 1.807) is 0 Å². The number of piperazine rings is 1. The van der Waals surface area contributed by atoms with Gasteiger partial charge in [0.15, 0.2) is 0 Å². The molecule has 2 aromatic rings. The Hall–Kier alpha value is -1.88. The third kappa shape index (κ3) is 4.55. The van der Waals surface area contributed by atoms with E-state index >= 15 is 0 Å².